The molecule has 3 heterocycles. The molecule has 0 saturated heterocycles. The number of hydrogen-bond donors (Lipinski definition) is 2. The first-order chi connectivity index (χ1) is 23.8. The van der Waals surface area contributed by atoms with Gasteiger partial charge in [-0.05, 0) is 27.8 Å². The van der Waals surface area contributed by atoms with Gasteiger partial charge in [0.15, 0.2) is 42.3 Å². The number of rotatable bonds is 13. The number of aromatic nitrogens is 5. The van der Waals surface area contributed by atoms with Crippen molar-refractivity contribution in [2.45, 2.75) is 58.8 Å². The zero-order chi connectivity index (χ0) is 34.2. The molecule has 0 aliphatic rings. The summed E-state index contributed by atoms with van der Waals surface area (Å²) in [5, 5.41) is 0. The van der Waals surface area contributed by atoms with Crippen LogP contribution < -0.4 is 9.13 Å². The first kappa shape index (κ1) is 34.0. The average Bonchev–Trinajstić information content (AvgIpc) is 3.13. The molecule has 0 saturated carbocycles. The molecule has 0 spiro atoms. The molecule has 0 aliphatic carbocycles. The molecule has 248 valence electrons. The van der Waals surface area contributed by atoms with Crippen LogP contribution in [0.2, 0.25) is 0 Å². The maximum absolute atomic E-state index is 11.6. The van der Waals surface area contributed by atoms with Gasteiger partial charge in [-0.25, -0.2) is 24.1 Å². The van der Waals surface area contributed by atoms with Crippen LogP contribution >= 0.6 is 7.60 Å². The molecule has 0 unspecified atom stereocenters. The van der Waals surface area contributed by atoms with Crippen molar-refractivity contribution in [1.29, 1.82) is 0 Å². The zero-order valence-corrected chi connectivity index (χ0v) is 28.9. The minimum atomic E-state index is -4.18. The van der Waals surface area contributed by atoms with Gasteiger partial charge in [0, 0.05) is 53.8 Å². The fourth-order valence-corrected chi connectivity index (χ4v) is 6.35. The molecule has 8 nitrogen and oxygen atoms in total. The number of pyridine rings is 2. The Hall–Kier alpha value is -4.88. The molecule has 0 aliphatic heterocycles. The lowest BCUT2D eigenvalue weighted by Crippen LogP contribution is -2.32. The van der Waals surface area contributed by atoms with Crippen molar-refractivity contribution in [3.8, 4) is 56.4 Å². The van der Waals surface area contributed by atoms with Crippen LogP contribution in [-0.2, 0) is 23.8 Å². The molecule has 6 aromatic rings. The van der Waals surface area contributed by atoms with Gasteiger partial charge in [-0.2, -0.15) is 0 Å². The van der Waals surface area contributed by atoms with Crippen molar-refractivity contribution >= 4 is 7.60 Å². The Kier molecular flexibility index (Phi) is 10.8. The molecule has 3 aromatic carbocycles. The van der Waals surface area contributed by atoms with Crippen molar-refractivity contribution < 1.29 is 23.5 Å². The minimum absolute atomic E-state index is 0.319. The van der Waals surface area contributed by atoms with Crippen molar-refractivity contribution in [2.75, 3.05) is 0 Å². The molecule has 0 bridgehead atoms. The second-order valence-electron chi connectivity index (χ2n) is 12.3. The molecule has 0 radical (unpaired) electrons. The van der Waals surface area contributed by atoms with Crippen molar-refractivity contribution in [3.63, 3.8) is 0 Å². The third kappa shape index (κ3) is 8.98. The van der Waals surface area contributed by atoms with E-state index in [0.717, 1.165) is 77.7 Å². The van der Waals surface area contributed by atoms with Crippen molar-refractivity contribution in [3.05, 3.63) is 127 Å². The van der Waals surface area contributed by atoms with Crippen LogP contribution in [0.3, 0.4) is 0 Å². The summed E-state index contributed by atoms with van der Waals surface area (Å²) in [5.41, 5.74) is 7.49. The Morgan fingerprint density at radius 3 is 1.12 bits per heavy atom. The van der Waals surface area contributed by atoms with E-state index in [4.69, 9.17) is 15.0 Å². The third-order valence-electron chi connectivity index (χ3n) is 8.51. The monoisotopic (exact) mass is 671 g/mol. The van der Waals surface area contributed by atoms with E-state index < -0.39 is 7.60 Å². The van der Waals surface area contributed by atoms with Crippen molar-refractivity contribution in [2.24, 2.45) is 0 Å². The van der Waals surface area contributed by atoms with E-state index in [1.807, 2.05) is 24.3 Å². The first-order valence-electron chi connectivity index (χ1n) is 16.9. The maximum Gasteiger partial charge on any atom is 0.329 e. The predicted octanol–water partition coefficient (Wildman–Crippen LogP) is 8.06. The number of unbranched alkanes of at least 4 members (excludes halogenated alkanes) is 2. The standard InChI is InChI=1S/C40H40N5O3P/c1-3-5-23-44-25-19-33(20-26-44)31-11-15-36(16-12-31)39-41-38(35-9-7-30(8-10-35)29-49(46,47)48)42-40(43-39)37-17-13-32(14-18-37)34-21-27-45(28-22-34)24-6-4-2/h7-22,25-28H,3-6,23-24,29H2,1-2H3/p+2. The summed E-state index contributed by atoms with van der Waals surface area (Å²) in [6.07, 6.45) is 12.8. The van der Waals surface area contributed by atoms with Crippen LogP contribution in [0.1, 0.15) is 45.1 Å². The quantitative estimate of drug-likeness (QED) is 0.0951. The molecule has 6 rings (SSSR count). The summed E-state index contributed by atoms with van der Waals surface area (Å²) >= 11 is 0. The van der Waals surface area contributed by atoms with Gasteiger partial charge in [0.05, 0.1) is 6.16 Å². The highest BCUT2D eigenvalue weighted by atomic mass is 31.2. The van der Waals surface area contributed by atoms with Gasteiger partial charge in [-0.15, -0.1) is 0 Å². The smallest absolute Gasteiger partial charge is 0.324 e. The predicted molar refractivity (Wildman–Crippen MR) is 193 cm³/mol. The Balaban J connectivity index is 1.32. The SMILES string of the molecule is CCCC[n+]1ccc(-c2ccc(-c3nc(-c4ccc(CP(=O)(O)O)cc4)nc(-c4ccc(-c5cc[n+](CCCC)cc5)cc4)n3)cc2)cc1. The molecular formula is C40H42N5O3P+2. The molecule has 0 amide bonds. The number of nitrogens with zero attached hydrogens (tertiary/aromatic N) is 5. The summed E-state index contributed by atoms with van der Waals surface area (Å²) in [5.74, 6) is 1.57. The van der Waals surface area contributed by atoms with E-state index in [0.29, 0.717) is 23.0 Å². The van der Waals surface area contributed by atoms with Gasteiger partial charge >= 0.3 is 7.60 Å². The van der Waals surface area contributed by atoms with E-state index >= 15 is 0 Å². The molecule has 2 N–H and O–H groups in total. The molecule has 49 heavy (non-hydrogen) atoms. The summed E-state index contributed by atoms with van der Waals surface area (Å²) in [7, 11) is -4.18. The van der Waals surface area contributed by atoms with Gasteiger partial charge < -0.3 is 9.79 Å². The van der Waals surface area contributed by atoms with E-state index in [9.17, 15) is 14.4 Å². The van der Waals surface area contributed by atoms with Crippen LogP contribution in [0.25, 0.3) is 56.4 Å². The largest absolute Gasteiger partial charge is 0.329 e. The van der Waals surface area contributed by atoms with Gasteiger partial charge in [-0.1, -0.05) is 99.5 Å². The topological polar surface area (TPSA) is 104 Å². The van der Waals surface area contributed by atoms with Gasteiger partial charge in [0.1, 0.15) is 13.1 Å². The Bertz CT molecular complexity index is 1910. The van der Waals surface area contributed by atoms with Crippen LogP contribution in [0.15, 0.2) is 122 Å². The van der Waals surface area contributed by atoms with Crippen LogP contribution in [-0.4, -0.2) is 24.7 Å². The summed E-state index contributed by atoms with van der Waals surface area (Å²) in [6.45, 7) is 6.43. The molecule has 0 fully saturated rings. The zero-order valence-electron chi connectivity index (χ0n) is 28.0. The molecular weight excluding hydrogens is 629 g/mol. The van der Waals surface area contributed by atoms with E-state index in [1.165, 1.54) is 0 Å². The van der Waals surface area contributed by atoms with E-state index in [2.05, 4.69) is 96.3 Å². The second kappa shape index (κ2) is 15.6. The Labute approximate surface area is 288 Å². The molecule has 9 heteroatoms. The average molecular weight is 672 g/mol. The molecule has 0 atom stereocenters. The van der Waals surface area contributed by atoms with Crippen LogP contribution in [0, 0.1) is 0 Å². The highest BCUT2D eigenvalue weighted by Gasteiger charge is 2.16. The Morgan fingerprint density at radius 2 is 0.796 bits per heavy atom. The summed E-state index contributed by atoms with van der Waals surface area (Å²) in [6, 6.07) is 32.0. The third-order valence-corrected chi connectivity index (χ3v) is 9.29. The number of hydrogen-bond acceptors (Lipinski definition) is 4. The first-order valence-corrected chi connectivity index (χ1v) is 18.7. The van der Waals surface area contributed by atoms with E-state index in [1.54, 1.807) is 24.3 Å². The number of aryl methyl sites for hydroxylation is 2. The lowest BCUT2D eigenvalue weighted by atomic mass is 10.0. The van der Waals surface area contributed by atoms with Gasteiger partial charge in [0.25, 0.3) is 0 Å². The Morgan fingerprint density at radius 1 is 0.490 bits per heavy atom. The second-order valence-corrected chi connectivity index (χ2v) is 14.0. The fraction of sp³-hybridized carbons (Fsp3) is 0.225. The van der Waals surface area contributed by atoms with Gasteiger partial charge in [-0.3, -0.25) is 4.57 Å². The highest BCUT2D eigenvalue weighted by molar-refractivity contribution is 7.50. The van der Waals surface area contributed by atoms with E-state index in [-0.39, 0.29) is 6.16 Å². The van der Waals surface area contributed by atoms with Crippen LogP contribution in [0.5, 0.6) is 0 Å². The number of benzene rings is 3. The minimum Gasteiger partial charge on any atom is -0.324 e. The fourth-order valence-electron chi connectivity index (χ4n) is 5.66. The highest BCUT2D eigenvalue weighted by Crippen LogP contribution is 2.39. The van der Waals surface area contributed by atoms with Crippen molar-refractivity contribution in [1.82, 2.24) is 15.0 Å². The lowest BCUT2D eigenvalue weighted by Gasteiger charge is -2.10. The summed E-state index contributed by atoms with van der Waals surface area (Å²) in [4.78, 5) is 33.5. The molecule has 3 aromatic heterocycles. The maximum atomic E-state index is 11.6. The summed E-state index contributed by atoms with van der Waals surface area (Å²) < 4.78 is 16.0. The lowest BCUT2D eigenvalue weighted by molar-refractivity contribution is -0.697. The van der Waals surface area contributed by atoms with Crippen LogP contribution in [0.4, 0.5) is 0 Å². The van der Waals surface area contributed by atoms with Gasteiger partial charge in [0.2, 0.25) is 0 Å². The normalized spacial score (nSPS) is 11.5.